The molecular weight excluding hydrogens is 305 g/mol. The van der Waals surface area contributed by atoms with Crippen LogP contribution in [0.5, 0.6) is 0 Å². The van der Waals surface area contributed by atoms with Gasteiger partial charge in [-0.15, -0.1) is 11.3 Å². The minimum Gasteiger partial charge on any atom is -0.254 e. The molecule has 0 atom stereocenters. The quantitative estimate of drug-likeness (QED) is 0.673. The Morgan fingerprint density at radius 1 is 1.58 bits per heavy atom. The van der Waals surface area contributed by atoms with Gasteiger partial charge >= 0.3 is 0 Å². The summed E-state index contributed by atoms with van der Waals surface area (Å²) in [4.78, 5) is 4.32. The summed E-state index contributed by atoms with van der Waals surface area (Å²) in [5, 5.41) is 2.92. The molecule has 12 heavy (non-hydrogen) atoms. The van der Waals surface area contributed by atoms with Crippen LogP contribution in [0.3, 0.4) is 0 Å². The van der Waals surface area contributed by atoms with Crippen molar-refractivity contribution in [3.63, 3.8) is 0 Å². The van der Waals surface area contributed by atoms with Gasteiger partial charge in [0.2, 0.25) is 0 Å². The second kappa shape index (κ2) is 3.12. The van der Waals surface area contributed by atoms with Crippen molar-refractivity contribution >= 4 is 55.7 Å². The Bertz CT molecular complexity index is 438. The summed E-state index contributed by atoms with van der Waals surface area (Å²) in [7, 11) is 0. The molecule has 2 aromatic heterocycles. The van der Waals surface area contributed by atoms with Gasteiger partial charge in [-0.3, -0.25) is 4.98 Å². The van der Waals surface area contributed by atoms with E-state index in [9.17, 15) is 0 Å². The number of aromatic nitrogens is 1. The van der Waals surface area contributed by atoms with E-state index in [2.05, 4.69) is 39.9 Å². The monoisotopic (exact) mass is 309 g/mol. The fourth-order valence-electron chi connectivity index (χ4n) is 1.04. The zero-order chi connectivity index (χ0) is 8.72. The smallest absolute Gasteiger partial charge is 0.0854 e. The van der Waals surface area contributed by atoms with E-state index >= 15 is 0 Å². The fraction of sp³-hybridized carbons (Fsp3) is 0.125. The van der Waals surface area contributed by atoms with Gasteiger partial charge in [0.1, 0.15) is 0 Å². The lowest BCUT2D eigenvalue weighted by molar-refractivity contribution is 1.37. The van der Waals surface area contributed by atoms with Gasteiger partial charge in [0.15, 0.2) is 0 Å². The van der Waals surface area contributed by atoms with E-state index in [4.69, 9.17) is 11.6 Å². The van der Waals surface area contributed by atoms with E-state index in [0.717, 1.165) is 18.8 Å². The lowest BCUT2D eigenvalue weighted by Crippen LogP contribution is -1.80. The van der Waals surface area contributed by atoms with Gasteiger partial charge in [-0.2, -0.15) is 0 Å². The summed E-state index contributed by atoms with van der Waals surface area (Å²) in [5.41, 5.74) is 2.23. The highest BCUT2D eigenvalue weighted by Gasteiger charge is 2.07. The normalized spacial score (nSPS) is 10.9. The van der Waals surface area contributed by atoms with Crippen LogP contribution in [0.1, 0.15) is 5.56 Å². The van der Waals surface area contributed by atoms with Gasteiger partial charge in [0.25, 0.3) is 0 Å². The maximum absolute atomic E-state index is 6.10. The standard InChI is InChI=1S/C8H5ClINS/c1-4-3-12-8-6(9)5(10)2-11-7(4)8/h2-3H,1H3. The van der Waals surface area contributed by atoms with Gasteiger partial charge in [0.05, 0.1) is 18.8 Å². The number of fused-ring (bicyclic) bond motifs is 1. The molecule has 2 rings (SSSR count). The number of hydrogen-bond donors (Lipinski definition) is 0. The predicted molar refractivity (Wildman–Crippen MR) is 62.1 cm³/mol. The van der Waals surface area contributed by atoms with Crippen LogP contribution in [0, 0.1) is 10.5 Å². The van der Waals surface area contributed by atoms with Crippen molar-refractivity contribution in [2.45, 2.75) is 6.92 Å². The van der Waals surface area contributed by atoms with Gasteiger partial charge in [0, 0.05) is 6.20 Å². The molecule has 0 aromatic carbocycles. The van der Waals surface area contributed by atoms with Gasteiger partial charge in [-0.25, -0.2) is 0 Å². The van der Waals surface area contributed by atoms with Gasteiger partial charge in [-0.05, 0) is 40.5 Å². The molecule has 0 bridgehead atoms. The minimum atomic E-state index is 0.832. The van der Waals surface area contributed by atoms with Crippen molar-refractivity contribution in [3.05, 3.63) is 25.7 Å². The number of thiophene rings is 1. The molecule has 2 aromatic rings. The molecule has 0 amide bonds. The molecule has 0 N–H and O–H groups in total. The number of halogens is 2. The molecule has 62 valence electrons. The van der Waals surface area contributed by atoms with Crippen LogP contribution in [0.2, 0.25) is 5.02 Å². The summed E-state index contributed by atoms with van der Waals surface area (Å²) in [5.74, 6) is 0. The second-order valence-corrected chi connectivity index (χ2v) is 4.94. The summed E-state index contributed by atoms with van der Waals surface area (Å²) >= 11 is 9.95. The summed E-state index contributed by atoms with van der Waals surface area (Å²) in [6, 6.07) is 0. The van der Waals surface area contributed by atoms with Gasteiger partial charge < -0.3 is 0 Å². The van der Waals surface area contributed by atoms with Crippen LogP contribution in [0.15, 0.2) is 11.6 Å². The molecule has 0 saturated heterocycles. The zero-order valence-electron chi connectivity index (χ0n) is 6.27. The third kappa shape index (κ3) is 1.24. The Labute approximate surface area is 92.9 Å². The molecule has 0 spiro atoms. The van der Waals surface area contributed by atoms with Crippen LogP contribution in [0.4, 0.5) is 0 Å². The average Bonchev–Trinajstić information content (AvgIpc) is 2.41. The van der Waals surface area contributed by atoms with Crippen molar-refractivity contribution in [2.24, 2.45) is 0 Å². The second-order valence-electron chi connectivity index (χ2n) is 2.52. The van der Waals surface area contributed by atoms with Crippen molar-refractivity contribution in [2.75, 3.05) is 0 Å². The van der Waals surface area contributed by atoms with E-state index < -0.39 is 0 Å². The van der Waals surface area contributed by atoms with E-state index in [1.54, 1.807) is 11.3 Å². The molecule has 4 heteroatoms. The Kier molecular flexibility index (Phi) is 2.27. The van der Waals surface area contributed by atoms with Crippen LogP contribution >= 0.6 is 45.5 Å². The molecular formula is C8H5ClINS. The van der Waals surface area contributed by atoms with E-state index in [1.807, 2.05) is 6.20 Å². The maximum atomic E-state index is 6.10. The number of pyridine rings is 1. The zero-order valence-corrected chi connectivity index (χ0v) is 10.00. The molecule has 0 aliphatic heterocycles. The Hall–Kier alpha value is 0.130. The van der Waals surface area contributed by atoms with Crippen molar-refractivity contribution in [1.29, 1.82) is 0 Å². The average molecular weight is 310 g/mol. The number of hydrogen-bond acceptors (Lipinski definition) is 2. The Morgan fingerprint density at radius 2 is 2.33 bits per heavy atom. The molecule has 1 nitrogen and oxygen atoms in total. The maximum Gasteiger partial charge on any atom is 0.0854 e. The van der Waals surface area contributed by atoms with Crippen LogP contribution in [-0.4, -0.2) is 4.98 Å². The fourth-order valence-corrected chi connectivity index (χ4v) is 2.85. The van der Waals surface area contributed by atoms with Gasteiger partial charge in [-0.1, -0.05) is 11.6 Å². The number of nitrogens with zero attached hydrogens (tertiary/aromatic N) is 1. The largest absolute Gasteiger partial charge is 0.254 e. The highest BCUT2D eigenvalue weighted by molar-refractivity contribution is 14.1. The van der Waals surface area contributed by atoms with Crippen LogP contribution in [0.25, 0.3) is 10.2 Å². The SMILES string of the molecule is Cc1csc2c(Cl)c(I)cnc12. The first-order valence-corrected chi connectivity index (χ1v) is 5.71. The van der Waals surface area contributed by atoms with E-state index in [-0.39, 0.29) is 0 Å². The van der Waals surface area contributed by atoms with Crippen LogP contribution < -0.4 is 0 Å². The third-order valence-electron chi connectivity index (χ3n) is 1.66. The number of rotatable bonds is 0. The predicted octanol–water partition coefficient (Wildman–Crippen LogP) is 3.86. The molecule has 0 fully saturated rings. The summed E-state index contributed by atoms with van der Waals surface area (Å²) in [6.07, 6.45) is 1.81. The molecule has 2 heterocycles. The van der Waals surface area contributed by atoms with E-state index in [1.165, 1.54) is 5.56 Å². The van der Waals surface area contributed by atoms with Crippen LogP contribution in [-0.2, 0) is 0 Å². The molecule has 0 radical (unpaired) electrons. The Morgan fingerprint density at radius 3 is 3.08 bits per heavy atom. The first kappa shape index (κ1) is 8.72. The highest BCUT2D eigenvalue weighted by atomic mass is 127. The van der Waals surface area contributed by atoms with Crippen molar-refractivity contribution < 1.29 is 0 Å². The first-order valence-electron chi connectivity index (χ1n) is 3.38. The minimum absolute atomic E-state index is 0.832. The number of aryl methyl sites for hydroxylation is 1. The highest BCUT2D eigenvalue weighted by Crippen LogP contribution is 2.32. The first-order chi connectivity index (χ1) is 5.70. The summed E-state index contributed by atoms with van der Waals surface area (Å²) < 4.78 is 2.12. The molecule has 0 aliphatic rings. The topological polar surface area (TPSA) is 12.9 Å². The molecule has 0 saturated carbocycles. The molecule has 0 unspecified atom stereocenters. The van der Waals surface area contributed by atoms with E-state index in [0.29, 0.717) is 0 Å². The molecule has 0 aliphatic carbocycles. The van der Waals surface area contributed by atoms with Crippen molar-refractivity contribution in [1.82, 2.24) is 4.98 Å². The lowest BCUT2D eigenvalue weighted by atomic mass is 10.3. The Balaban J connectivity index is 2.93. The lowest BCUT2D eigenvalue weighted by Gasteiger charge is -1.96. The summed E-state index contributed by atoms with van der Waals surface area (Å²) in [6.45, 7) is 2.05. The van der Waals surface area contributed by atoms with Crippen molar-refractivity contribution in [3.8, 4) is 0 Å². The third-order valence-corrected chi connectivity index (χ3v) is 4.40.